The van der Waals surface area contributed by atoms with Gasteiger partial charge in [-0.05, 0) is 15.9 Å². The maximum absolute atomic E-state index is 11.0. The molecule has 9 heteroatoms. The van der Waals surface area contributed by atoms with Crippen LogP contribution in [0.5, 0.6) is 0 Å². The fourth-order valence-corrected chi connectivity index (χ4v) is 3.02. The number of nitrogens with two attached hydrogens (primary N) is 1. The minimum atomic E-state index is -2.87. The van der Waals surface area contributed by atoms with Crippen LogP contribution in [0.3, 0.4) is 0 Å². The zero-order chi connectivity index (χ0) is 10.3. The van der Waals surface area contributed by atoms with E-state index in [1.807, 2.05) is 0 Å². The summed E-state index contributed by atoms with van der Waals surface area (Å²) in [7, 11) is -2.87. The van der Waals surface area contributed by atoms with Crippen LogP contribution in [0, 0.1) is 0 Å². The highest BCUT2D eigenvalue weighted by Gasteiger charge is 2.37. The number of hydrazine groups is 1. The predicted octanol–water partition coefficient (Wildman–Crippen LogP) is -0.704. The average Bonchev–Trinajstić information content (AvgIpc) is 2.42. The lowest BCUT2D eigenvalue weighted by Crippen LogP contribution is -2.39. The van der Waals surface area contributed by atoms with E-state index in [1.165, 1.54) is 4.68 Å². The molecule has 2 rings (SSSR count). The highest BCUT2D eigenvalue weighted by atomic mass is 79.9. The first-order valence-corrected chi connectivity index (χ1v) is 6.42. The highest BCUT2D eigenvalue weighted by molar-refractivity contribution is 9.10. The molecule has 2 heterocycles. The van der Waals surface area contributed by atoms with E-state index in [0.29, 0.717) is 10.7 Å². The lowest BCUT2D eigenvalue weighted by atomic mass is 10.4. The normalized spacial score (nSPS) is 20.4. The van der Waals surface area contributed by atoms with Gasteiger partial charge in [0.15, 0.2) is 9.84 Å². The van der Waals surface area contributed by atoms with Gasteiger partial charge in [0.1, 0.15) is 0 Å². The van der Waals surface area contributed by atoms with Crippen molar-refractivity contribution in [2.24, 2.45) is 5.84 Å². The molecule has 7 nitrogen and oxygen atoms in total. The van der Waals surface area contributed by atoms with Gasteiger partial charge >= 0.3 is 0 Å². The van der Waals surface area contributed by atoms with Gasteiger partial charge in [0, 0.05) is 0 Å². The second-order valence-electron chi connectivity index (χ2n) is 3.02. The predicted molar refractivity (Wildman–Crippen MR) is 53.2 cm³/mol. The van der Waals surface area contributed by atoms with Crippen LogP contribution in [-0.2, 0) is 9.84 Å². The van der Waals surface area contributed by atoms with Crippen LogP contribution in [0.15, 0.2) is 4.73 Å². The van der Waals surface area contributed by atoms with Crippen molar-refractivity contribution in [1.82, 2.24) is 14.8 Å². The molecular formula is C5H8BrN5O2S. The van der Waals surface area contributed by atoms with Gasteiger partial charge in [-0.3, -0.25) is 5.43 Å². The Bertz CT molecular complexity index is 443. The van der Waals surface area contributed by atoms with E-state index in [-0.39, 0.29) is 17.5 Å². The number of hydrogen-bond acceptors (Lipinski definition) is 6. The van der Waals surface area contributed by atoms with Crippen molar-refractivity contribution in [2.45, 2.75) is 6.04 Å². The first kappa shape index (κ1) is 9.87. The maximum atomic E-state index is 11.0. The van der Waals surface area contributed by atoms with Crippen LogP contribution in [0.25, 0.3) is 0 Å². The molecule has 0 spiro atoms. The van der Waals surface area contributed by atoms with Crippen LogP contribution in [0.2, 0.25) is 0 Å². The van der Waals surface area contributed by atoms with Crippen LogP contribution in [0.4, 0.5) is 5.95 Å². The molecule has 1 aliphatic rings. The second-order valence-corrected chi connectivity index (χ2v) is 5.89. The molecule has 14 heavy (non-hydrogen) atoms. The molecular weight excluding hydrogens is 274 g/mol. The minimum absolute atomic E-state index is 0.0947. The van der Waals surface area contributed by atoms with Gasteiger partial charge in [-0.1, -0.05) is 0 Å². The van der Waals surface area contributed by atoms with E-state index in [4.69, 9.17) is 5.84 Å². The van der Waals surface area contributed by atoms with E-state index in [9.17, 15) is 8.42 Å². The first-order chi connectivity index (χ1) is 6.52. The number of halogens is 1. The second kappa shape index (κ2) is 3.17. The highest BCUT2D eigenvalue weighted by Crippen LogP contribution is 2.26. The lowest BCUT2D eigenvalue weighted by Gasteiger charge is -2.26. The van der Waals surface area contributed by atoms with Gasteiger partial charge in [0.2, 0.25) is 10.7 Å². The third-order valence-corrected chi connectivity index (χ3v) is 4.09. The van der Waals surface area contributed by atoms with Crippen molar-refractivity contribution in [1.29, 1.82) is 0 Å². The molecule has 0 bridgehead atoms. The van der Waals surface area contributed by atoms with Gasteiger partial charge < -0.3 is 0 Å². The molecule has 3 N–H and O–H groups in total. The number of hydrogen-bond donors (Lipinski definition) is 2. The van der Waals surface area contributed by atoms with Gasteiger partial charge in [-0.2, -0.15) is 4.98 Å². The van der Waals surface area contributed by atoms with Gasteiger partial charge in [0.05, 0.1) is 17.5 Å². The molecule has 0 aliphatic carbocycles. The number of aromatic nitrogens is 3. The summed E-state index contributed by atoms with van der Waals surface area (Å²) in [6.45, 7) is 0. The lowest BCUT2D eigenvalue weighted by molar-refractivity contribution is 0.475. The fraction of sp³-hybridized carbons (Fsp3) is 0.600. The summed E-state index contributed by atoms with van der Waals surface area (Å²) >= 11 is 3.09. The number of sulfone groups is 1. The Morgan fingerprint density at radius 1 is 1.57 bits per heavy atom. The van der Waals surface area contributed by atoms with Crippen molar-refractivity contribution in [2.75, 3.05) is 16.9 Å². The van der Waals surface area contributed by atoms with Crippen molar-refractivity contribution in [3.05, 3.63) is 4.73 Å². The Kier molecular flexibility index (Phi) is 2.24. The molecule has 1 aromatic heterocycles. The number of nitrogen functional groups attached to an aromatic ring is 1. The van der Waals surface area contributed by atoms with Crippen molar-refractivity contribution in [3.63, 3.8) is 0 Å². The van der Waals surface area contributed by atoms with Crippen molar-refractivity contribution < 1.29 is 8.42 Å². The molecule has 0 unspecified atom stereocenters. The Hall–Kier alpha value is -0.670. The molecule has 0 saturated carbocycles. The summed E-state index contributed by atoms with van der Waals surface area (Å²) in [4.78, 5) is 3.92. The molecule has 0 radical (unpaired) electrons. The van der Waals surface area contributed by atoms with E-state index in [1.54, 1.807) is 0 Å². The van der Waals surface area contributed by atoms with E-state index in [2.05, 4.69) is 31.4 Å². The quantitative estimate of drug-likeness (QED) is 0.549. The van der Waals surface area contributed by atoms with Gasteiger partial charge in [0.25, 0.3) is 0 Å². The molecule has 78 valence electrons. The van der Waals surface area contributed by atoms with Gasteiger partial charge in [-0.15, -0.1) is 5.10 Å². The summed E-state index contributed by atoms with van der Waals surface area (Å²) in [5.41, 5.74) is 2.36. The molecule has 0 atom stereocenters. The summed E-state index contributed by atoms with van der Waals surface area (Å²) < 4.78 is 23.8. The Morgan fingerprint density at radius 2 is 2.21 bits per heavy atom. The van der Waals surface area contributed by atoms with Crippen molar-refractivity contribution in [3.8, 4) is 0 Å². The minimum Gasteiger partial charge on any atom is -0.293 e. The Balaban J connectivity index is 2.25. The molecule has 1 fully saturated rings. The molecule has 0 amide bonds. The zero-order valence-electron chi connectivity index (χ0n) is 7.01. The molecule has 1 aliphatic heterocycles. The van der Waals surface area contributed by atoms with Crippen LogP contribution in [-0.4, -0.2) is 34.7 Å². The third kappa shape index (κ3) is 1.62. The fourth-order valence-electron chi connectivity index (χ4n) is 1.33. The monoisotopic (exact) mass is 281 g/mol. The summed E-state index contributed by atoms with van der Waals surface area (Å²) in [6.07, 6.45) is 0. The maximum Gasteiger partial charge on any atom is 0.236 e. The third-order valence-electron chi connectivity index (χ3n) is 1.97. The number of anilines is 1. The van der Waals surface area contributed by atoms with E-state index < -0.39 is 9.84 Å². The number of nitrogens with one attached hydrogen (secondary N) is 1. The first-order valence-electron chi connectivity index (χ1n) is 3.81. The topological polar surface area (TPSA) is 103 Å². The average molecular weight is 282 g/mol. The largest absolute Gasteiger partial charge is 0.293 e. The summed E-state index contributed by atoms with van der Waals surface area (Å²) in [6, 6.07) is -0.162. The van der Waals surface area contributed by atoms with E-state index in [0.717, 1.165) is 0 Å². The Morgan fingerprint density at radius 3 is 2.71 bits per heavy atom. The zero-order valence-corrected chi connectivity index (χ0v) is 9.42. The van der Waals surface area contributed by atoms with E-state index >= 15 is 0 Å². The molecule has 1 aromatic rings. The smallest absolute Gasteiger partial charge is 0.236 e. The standard InChI is InChI=1S/C5H8BrN5O2S/c6-4-8-5(9-7)11(10-4)3-1-14(12,13)2-3/h3H,1-2,7H2,(H,8,9,10). The number of rotatable bonds is 2. The van der Waals surface area contributed by atoms with Crippen molar-refractivity contribution >= 4 is 31.7 Å². The van der Waals surface area contributed by atoms with Crippen LogP contribution >= 0.6 is 15.9 Å². The van der Waals surface area contributed by atoms with Gasteiger partial charge in [-0.25, -0.2) is 18.9 Å². The number of nitrogens with zero attached hydrogens (tertiary/aromatic N) is 3. The van der Waals surface area contributed by atoms with Crippen LogP contribution < -0.4 is 11.3 Å². The summed E-state index contributed by atoms with van der Waals surface area (Å²) in [5, 5.41) is 3.98. The Labute approximate surface area is 88.7 Å². The SMILES string of the molecule is NNc1nc(Br)nn1C1CS(=O)(=O)C1. The van der Waals surface area contributed by atoms with Crippen LogP contribution in [0.1, 0.15) is 6.04 Å². The molecule has 0 aromatic carbocycles. The molecule has 1 saturated heterocycles. The summed E-state index contributed by atoms with van der Waals surface area (Å²) in [5.74, 6) is 5.75.